The van der Waals surface area contributed by atoms with E-state index in [1.54, 1.807) is 0 Å². The Hall–Kier alpha value is -3.01. The van der Waals surface area contributed by atoms with E-state index in [0.29, 0.717) is 23.7 Å². The first-order valence-electron chi connectivity index (χ1n) is 7.43. The summed E-state index contributed by atoms with van der Waals surface area (Å²) >= 11 is 0. The zero-order valence-corrected chi connectivity index (χ0v) is 14.3. The van der Waals surface area contributed by atoms with Crippen molar-refractivity contribution in [2.75, 3.05) is 18.0 Å². The van der Waals surface area contributed by atoms with Crippen molar-refractivity contribution in [1.82, 2.24) is 0 Å². The summed E-state index contributed by atoms with van der Waals surface area (Å²) in [5.41, 5.74) is 0.361. The lowest BCUT2D eigenvalue weighted by atomic mass is 10.1. The van der Waals surface area contributed by atoms with Gasteiger partial charge < -0.3 is 4.74 Å². The highest BCUT2D eigenvalue weighted by Crippen LogP contribution is 2.36. The van der Waals surface area contributed by atoms with Crippen molar-refractivity contribution in [3.05, 3.63) is 63.5 Å². The van der Waals surface area contributed by atoms with Crippen LogP contribution in [0, 0.1) is 15.9 Å². The van der Waals surface area contributed by atoms with Crippen molar-refractivity contribution in [2.24, 2.45) is 0 Å². The Kier molecular flexibility index (Phi) is 4.36. The van der Waals surface area contributed by atoms with E-state index < -0.39 is 37.3 Å². The molecule has 1 heterocycles. The molecule has 0 bridgehead atoms. The molecule has 2 aromatic rings. The van der Waals surface area contributed by atoms with E-state index in [0.717, 1.165) is 16.4 Å². The van der Waals surface area contributed by atoms with Crippen LogP contribution in [0.4, 0.5) is 15.8 Å². The second kappa shape index (κ2) is 6.37. The topological polar surface area (TPSA) is 107 Å². The molecule has 8 nitrogen and oxygen atoms in total. The number of carbonyl (C=O) groups is 1. The summed E-state index contributed by atoms with van der Waals surface area (Å²) in [6, 6.07) is 6.69. The molecule has 0 N–H and O–H groups in total. The van der Waals surface area contributed by atoms with E-state index in [4.69, 9.17) is 0 Å². The number of hydrogen-bond acceptors (Lipinski definition) is 6. The lowest BCUT2D eigenvalue weighted by molar-refractivity contribution is -0.388. The van der Waals surface area contributed by atoms with Crippen LogP contribution in [0.25, 0.3) is 0 Å². The van der Waals surface area contributed by atoms with E-state index in [2.05, 4.69) is 4.74 Å². The molecule has 0 radical (unpaired) electrons. The molecule has 1 aliphatic heterocycles. The quantitative estimate of drug-likeness (QED) is 0.458. The molecule has 0 aliphatic carbocycles. The van der Waals surface area contributed by atoms with Gasteiger partial charge in [-0.2, -0.15) is 0 Å². The van der Waals surface area contributed by atoms with E-state index in [1.165, 1.54) is 25.3 Å². The van der Waals surface area contributed by atoms with Crippen LogP contribution in [0.3, 0.4) is 0 Å². The Morgan fingerprint density at radius 1 is 1.27 bits per heavy atom. The van der Waals surface area contributed by atoms with Crippen molar-refractivity contribution in [1.29, 1.82) is 0 Å². The maximum absolute atomic E-state index is 13.3. The van der Waals surface area contributed by atoms with Gasteiger partial charge >= 0.3 is 5.97 Å². The molecule has 0 aromatic heterocycles. The fraction of sp³-hybridized carbons (Fsp3) is 0.188. The van der Waals surface area contributed by atoms with Gasteiger partial charge in [0.15, 0.2) is 4.90 Å². The highest BCUT2D eigenvalue weighted by molar-refractivity contribution is 7.93. The molecular weight excluding hydrogens is 367 g/mol. The van der Waals surface area contributed by atoms with Gasteiger partial charge in [-0.05, 0) is 42.3 Å². The lowest BCUT2D eigenvalue weighted by Crippen LogP contribution is -2.29. The molecule has 26 heavy (non-hydrogen) atoms. The maximum Gasteiger partial charge on any atom is 0.337 e. The van der Waals surface area contributed by atoms with Crippen LogP contribution in [0.2, 0.25) is 0 Å². The molecule has 0 unspecified atom stereocenters. The molecule has 0 saturated heterocycles. The van der Waals surface area contributed by atoms with Crippen LogP contribution in [0.5, 0.6) is 0 Å². The number of anilines is 1. The Morgan fingerprint density at radius 3 is 2.65 bits per heavy atom. The Balaban J connectivity index is 2.07. The summed E-state index contributed by atoms with van der Waals surface area (Å²) in [6.07, 6.45) is 0.328. The number of hydrogen-bond donors (Lipinski definition) is 0. The number of methoxy groups -OCH3 is 1. The zero-order valence-electron chi connectivity index (χ0n) is 13.5. The molecule has 1 aliphatic rings. The van der Waals surface area contributed by atoms with Gasteiger partial charge in [0.2, 0.25) is 0 Å². The molecule has 0 amide bonds. The number of benzene rings is 2. The zero-order chi connectivity index (χ0) is 19.1. The first-order valence-corrected chi connectivity index (χ1v) is 8.87. The number of carbonyl (C=O) groups excluding carboxylic acids is 1. The van der Waals surface area contributed by atoms with Crippen LogP contribution in [0.15, 0.2) is 41.3 Å². The highest BCUT2D eigenvalue weighted by Gasteiger charge is 2.36. The van der Waals surface area contributed by atoms with Gasteiger partial charge in [0.1, 0.15) is 5.82 Å². The average Bonchev–Trinajstić information content (AvgIpc) is 3.04. The molecule has 0 atom stereocenters. The van der Waals surface area contributed by atoms with Gasteiger partial charge in [0.25, 0.3) is 15.7 Å². The molecular formula is C16H13FN2O6S. The number of fused-ring (bicyclic) bond motifs is 1. The van der Waals surface area contributed by atoms with Gasteiger partial charge in [0, 0.05) is 6.54 Å². The van der Waals surface area contributed by atoms with Crippen molar-refractivity contribution in [3.63, 3.8) is 0 Å². The lowest BCUT2D eigenvalue weighted by Gasteiger charge is -2.19. The Labute approximate surface area is 148 Å². The highest BCUT2D eigenvalue weighted by atomic mass is 32.2. The van der Waals surface area contributed by atoms with Gasteiger partial charge in [0.05, 0.1) is 29.4 Å². The van der Waals surface area contributed by atoms with E-state index in [-0.39, 0.29) is 12.1 Å². The number of sulfonamides is 1. The number of nitro groups is 1. The predicted molar refractivity (Wildman–Crippen MR) is 89.1 cm³/mol. The van der Waals surface area contributed by atoms with Gasteiger partial charge in [-0.15, -0.1) is 0 Å². The first-order chi connectivity index (χ1) is 12.3. The standard InChI is InChI=1S/C16H13FN2O6S/c1-25-16(20)11-2-4-13-10(8-11)6-7-18(13)26(23,24)15-5-3-12(17)9-14(15)19(21)22/h2-5,8-9H,6-7H2,1H3. The first kappa shape index (κ1) is 17.8. The fourth-order valence-electron chi connectivity index (χ4n) is 2.84. The van der Waals surface area contributed by atoms with Crippen LogP contribution in [0.1, 0.15) is 15.9 Å². The molecule has 0 spiro atoms. The maximum atomic E-state index is 13.3. The van der Waals surface area contributed by atoms with Crippen molar-refractivity contribution >= 4 is 27.4 Å². The SMILES string of the molecule is COC(=O)c1ccc2c(c1)CCN2S(=O)(=O)c1ccc(F)cc1[N+](=O)[O-]. The normalized spacial score (nSPS) is 13.4. The second-order valence-corrected chi connectivity index (χ2v) is 7.36. The molecule has 0 fully saturated rings. The number of nitrogens with zero attached hydrogens (tertiary/aromatic N) is 2. The number of ether oxygens (including phenoxy) is 1. The predicted octanol–water partition coefficient (Wildman–Crippen LogP) is 2.27. The van der Waals surface area contributed by atoms with Crippen molar-refractivity contribution in [3.8, 4) is 0 Å². The summed E-state index contributed by atoms with van der Waals surface area (Å²) in [5, 5.41) is 11.1. The third kappa shape index (κ3) is 2.88. The Morgan fingerprint density at radius 2 is 2.00 bits per heavy atom. The summed E-state index contributed by atoms with van der Waals surface area (Å²) in [7, 11) is -3.04. The minimum atomic E-state index is -4.27. The summed E-state index contributed by atoms with van der Waals surface area (Å²) in [6.45, 7) is 0.0524. The molecule has 0 saturated carbocycles. The van der Waals surface area contributed by atoms with Gasteiger partial charge in [-0.3, -0.25) is 14.4 Å². The number of halogens is 1. The molecule has 10 heteroatoms. The van der Waals surface area contributed by atoms with Crippen LogP contribution < -0.4 is 4.31 Å². The smallest absolute Gasteiger partial charge is 0.337 e. The molecule has 2 aromatic carbocycles. The monoisotopic (exact) mass is 380 g/mol. The van der Waals surface area contributed by atoms with E-state index in [1.807, 2.05) is 0 Å². The third-order valence-electron chi connectivity index (χ3n) is 4.04. The summed E-state index contributed by atoms with van der Waals surface area (Å²) in [4.78, 5) is 21.2. The summed E-state index contributed by atoms with van der Waals surface area (Å²) in [5.74, 6) is -1.46. The number of nitro benzene ring substituents is 1. The third-order valence-corrected chi connectivity index (χ3v) is 5.90. The van der Waals surface area contributed by atoms with Crippen LogP contribution >= 0.6 is 0 Å². The molecule has 3 rings (SSSR count). The Bertz CT molecular complexity index is 1020. The van der Waals surface area contributed by atoms with Crippen LogP contribution in [-0.4, -0.2) is 33.0 Å². The van der Waals surface area contributed by atoms with Crippen LogP contribution in [-0.2, 0) is 21.2 Å². The van der Waals surface area contributed by atoms with E-state index in [9.17, 15) is 27.7 Å². The minimum Gasteiger partial charge on any atom is -0.465 e. The van der Waals surface area contributed by atoms with Crippen molar-refractivity contribution < 1.29 is 27.3 Å². The second-order valence-electron chi connectivity index (χ2n) is 5.53. The fourth-order valence-corrected chi connectivity index (χ4v) is 4.48. The van der Waals surface area contributed by atoms with Crippen molar-refractivity contribution in [2.45, 2.75) is 11.3 Å². The summed E-state index contributed by atoms with van der Waals surface area (Å²) < 4.78 is 44.8. The van der Waals surface area contributed by atoms with E-state index >= 15 is 0 Å². The number of esters is 1. The molecule has 136 valence electrons. The van der Waals surface area contributed by atoms with Gasteiger partial charge in [-0.25, -0.2) is 17.6 Å². The number of rotatable bonds is 4. The minimum absolute atomic E-state index is 0.0524. The largest absolute Gasteiger partial charge is 0.465 e. The van der Waals surface area contributed by atoms with Gasteiger partial charge in [-0.1, -0.05) is 0 Å². The average molecular weight is 380 g/mol.